The van der Waals surface area contributed by atoms with Crippen molar-refractivity contribution in [3.05, 3.63) is 53.6 Å². The lowest BCUT2D eigenvalue weighted by molar-refractivity contribution is -0.116. The molecule has 0 bridgehead atoms. The highest BCUT2D eigenvalue weighted by Gasteiger charge is 2.16. The van der Waals surface area contributed by atoms with E-state index in [9.17, 15) is 9.59 Å². The highest BCUT2D eigenvalue weighted by atomic mass is 32.1. The summed E-state index contributed by atoms with van der Waals surface area (Å²) in [5.41, 5.74) is 3.39. The van der Waals surface area contributed by atoms with E-state index >= 15 is 0 Å². The lowest BCUT2D eigenvalue weighted by atomic mass is 10.0. The number of aromatic nitrogens is 1. The van der Waals surface area contributed by atoms with Crippen molar-refractivity contribution < 1.29 is 14.3 Å². The average molecular weight is 410 g/mol. The predicted molar refractivity (Wildman–Crippen MR) is 116 cm³/mol. The van der Waals surface area contributed by atoms with Crippen molar-refractivity contribution in [1.29, 1.82) is 0 Å². The number of carbonyl (C=O) groups excluding carboxylic acids is 2. The van der Waals surface area contributed by atoms with Crippen LogP contribution in [-0.2, 0) is 9.53 Å². The van der Waals surface area contributed by atoms with Crippen molar-refractivity contribution in [2.75, 3.05) is 36.5 Å². The quantitative estimate of drug-likeness (QED) is 0.622. The van der Waals surface area contributed by atoms with Crippen LogP contribution < -0.4 is 10.2 Å². The Hall–Kier alpha value is -2.77. The number of aryl methyl sites for hydroxylation is 1. The van der Waals surface area contributed by atoms with E-state index < -0.39 is 0 Å². The number of benzene rings is 2. The average Bonchev–Trinajstić information content (AvgIpc) is 3.17. The van der Waals surface area contributed by atoms with E-state index in [1.54, 1.807) is 23.5 Å². The maximum Gasteiger partial charge on any atom is 0.224 e. The molecule has 1 N–H and O–H groups in total. The number of ether oxygens (including phenoxy) is 1. The molecule has 1 aromatic heterocycles. The van der Waals surface area contributed by atoms with Crippen molar-refractivity contribution in [2.45, 2.75) is 19.8 Å². The van der Waals surface area contributed by atoms with Crippen LogP contribution in [0.3, 0.4) is 0 Å². The number of hydrogen-bond acceptors (Lipinski definition) is 6. The molecular formula is C22H23N3O3S. The van der Waals surface area contributed by atoms with Crippen molar-refractivity contribution in [3.63, 3.8) is 0 Å². The zero-order valence-electron chi connectivity index (χ0n) is 16.3. The van der Waals surface area contributed by atoms with Gasteiger partial charge in [-0.05, 0) is 25.1 Å². The molecule has 1 aliphatic rings. The largest absolute Gasteiger partial charge is 0.378 e. The normalized spacial score (nSPS) is 14.2. The van der Waals surface area contributed by atoms with Crippen LogP contribution >= 0.6 is 11.3 Å². The van der Waals surface area contributed by atoms with Crippen LogP contribution in [-0.4, -0.2) is 43.0 Å². The van der Waals surface area contributed by atoms with E-state index in [4.69, 9.17) is 4.74 Å². The van der Waals surface area contributed by atoms with Gasteiger partial charge in [0.05, 0.1) is 23.4 Å². The summed E-state index contributed by atoms with van der Waals surface area (Å²) in [5, 5.41) is 3.87. The van der Waals surface area contributed by atoms with Crippen molar-refractivity contribution in [2.24, 2.45) is 0 Å². The van der Waals surface area contributed by atoms with Gasteiger partial charge in [0.1, 0.15) is 0 Å². The van der Waals surface area contributed by atoms with Gasteiger partial charge in [-0.25, -0.2) is 4.98 Å². The number of hydrogen-bond donors (Lipinski definition) is 1. The van der Waals surface area contributed by atoms with Gasteiger partial charge in [0.2, 0.25) is 5.91 Å². The Labute approximate surface area is 173 Å². The van der Waals surface area contributed by atoms with Crippen molar-refractivity contribution in [3.8, 4) is 0 Å². The highest BCUT2D eigenvalue weighted by molar-refractivity contribution is 7.22. The second-order valence-corrected chi connectivity index (χ2v) is 8.12. The maximum absolute atomic E-state index is 12.3. The number of anilines is 2. The second kappa shape index (κ2) is 8.71. The van der Waals surface area contributed by atoms with Gasteiger partial charge in [0.15, 0.2) is 10.9 Å². The summed E-state index contributed by atoms with van der Waals surface area (Å²) in [5.74, 6) is -0.184. The predicted octanol–water partition coefficient (Wildman–Crippen LogP) is 4.04. The van der Waals surface area contributed by atoms with E-state index in [1.807, 2.05) is 37.3 Å². The molecule has 1 fully saturated rings. The second-order valence-electron chi connectivity index (χ2n) is 7.12. The van der Waals surface area contributed by atoms with Crippen LogP contribution in [0.4, 0.5) is 10.8 Å². The minimum atomic E-state index is -0.164. The molecule has 3 aromatic rings. The fourth-order valence-electron chi connectivity index (χ4n) is 3.21. The number of thiazole rings is 1. The topological polar surface area (TPSA) is 71.5 Å². The molecule has 2 heterocycles. The molecule has 7 heteroatoms. The third-order valence-corrected chi connectivity index (χ3v) is 5.97. The molecular weight excluding hydrogens is 386 g/mol. The summed E-state index contributed by atoms with van der Waals surface area (Å²) in [6.07, 6.45) is 0.353. The number of fused-ring (bicyclic) bond motifs is 1. The van der Waals surface area contributed by atoms with Gasteiger partial charge < -0.3 is 15.0 Å². The molecule has 2 aromatic carbocycles. The Morgan fingerprint density at radius 1 is 1.10 bits per heavy atom. The third kappa shape index (κ3) is 4.81. The molecule has 6 nitrogen and oxygen atoms in total. The van der Waals surface area contributed by atoms with Crippen LogP contribution in [0.25, 0.3) is 10.2 Å². The first-order chi connectivity index (χ1) is 14.1. The fraction of sp³-hybridized carbons (Fsp3) is 0.318. The monoisotopic (exact) mass is 409 g/mol. The number of rotatable bonds is 6. The number of nitrogens with one attached hydrogen (secondary N) is 1. The zero-order chi connectivity index (χ0) is 20.2. The van der Waals surface area contributed by atoms with E-state index in [-0.39, 0.29) is 24.5 Å². The van der Waals surface area contributed by atoms with E-state index in [0.29, 0.717) is 5.56 Å². The lowest BCUT2D eigenvalue weighted by Crippen LogP contribution is -2.36. The minimum absolute atomic E-state index is 0.0202. The summed E-state index contributed by atoms with van der Waals surface area (Å²) in [4.78, 5) is 31.4. The SMILES string of the molecule is Cc1ccc(C(=O)CCC(=O)Nc2ccc3nc(N4CCOCC4)sc3c2)cc1. The zero-order valence-corrected chi connectivity index (χ0v) is 17.1. The first-order valence-electron chi connectivity index (χ1n) is 9.71. The van der Waals surface area contributed by atoms with E-state index in [0.717, 1.165) is 52.9 Å². The standard InChI is InChI=1S/C22H23N3O3S/c1-15-2-4-16(5-3-15)19(26)8-9-21(27)23-17-6-7-18-20(14-17)29-22(24-18)25-10-12-28-13-11-25/h2-7,14H,8-13H2,1H3,(H,23,27). The molecule has 0 saturated carbocycles. The Bertz CT molecular complexity index is 1020. The van der Waals surface area contributed by atoms with E-state index in [2.05, 4.69) is 15.2 Å². The number of Topliss-reactive ketones (excluding diaryl/α,β-unsaturated/α-hetero) is 1. The summed E-state index contributed by atoms with van der Waals surface area (Å²) in [6, 6.07) is 13.1. The Morgan fingerprint density at radius 2 is 1.86 bits per heavy atom. The Morgan fingerprint density at radius 3 is 2.62 bits per heavy atom. The van der Waals surface area contributed by atoms with Gasteiger partial charge in [-0.15, -0.1) is 0 Å². The number of morpholine rings is 1. The van der Waals surface area contributed by atoms with Crippen LogP contribution in [0.2, 0.25) is 0 Å². The molecule has 1 saturated heterocycles. The van der Waals surface area contributed by atoms with Crippen molar-refractivity contribution >= 4 is 44.1 Å². The Balaban J connectivity index is 1.36. The summed E-state index contributed by atoms with van der Waals surface area (Å²) >= 11 is 1.62. The number of carbonyl (C=O) groups is 2. The van der Waals surface area contributed by atoms with Gasteiger partial charge >= 0.3 is 0 Å². The summed E-state index contributed by atoms with van der Waals surface area (Å²) < 4.78 is 6.42. The van der Waals surface area contributed by atoms with Crippen molar-refractivity contribution in [1.82, 2.24) is 4.98 Å². The smallest absolute Gasteiger partial charge is 0.224 e. The highest BCUT2D eigenvalue weighted by Crippen LogP contribution is 2.31. The van der Waals surface area contributed by atoms with Gasteiger partial charge in [-0.3, -0.25) is 9.59 Å². The third-order valence-electron chi connectivity index (χ3n) is 4.90. The van der Waals surface area contributed by atoms with E-state index in [1.165, 1.54) is 0 Å². The van der Waals surface area contributed by atoms with Crippen LogP contribution in [0, 0.1) is 6.92 Å². The maximum atomic E-state index is 12.3. The first-order valence-corrected chi connectivity index (χ1v) is 10.5. The number of ketones is 1. The van der Waals surface area contributed by atoms with Gasteiger partial charge in [-0.2, -0.15) is 0 Å². The molecule has 0 spiro atoms. The van der Waals surface area contributed by atoms with Crippen LogP contribution in [0.1, 0.15) is 28.8 Å². The molecule has 0 unspecified atom stereocenters. The molecule has 0 aliphatic carbocycles. The van der Waals surface area contributed by atoms with Gasteiger partial charge in [-0.1, -0.05) is 41.2 Å². The number of nitrogens with zero attached hydrogens (tertiary/aromatic N) is 2. The molecule has 29 heavy (non-hydrogen) atoms. The van der Waals surface area contributed by atoms with Crippen LogP contribution in [0.5, 0.6) is 0 Å². The molecule has 4 rings (SSSR count). The summed E-state index contributed by atoms with van der Waals surface area (Å²) in [7, 11) is 0. The molecule has 0 atom stereocenters. The number of amides is 1. The molecule has 1 aliphatic heterocycles. The first kappa shape index (κ1) is 19.5. The minimum Gasteiger partial charge on any atom is -0.378 e. The Kier molecular flexibility index (Phi) is 5.87. The van der Waals surface area contributed by atoms with Crippen LogP contribution in [0.15, 0.2) is 42.5 Å². The molecule has 1 amide bonds. The summed E-state index contributed by atoms with van der Waals surface area (Å²) in [6.45, 7) is 5.11. The van der Waals surface area contributed by atoms with Gasteiger partial charge in [0, 0.05) is 37.2 Å². The lowest BCUT2D eigenvalue weighted by Gasteiger charge is -2.25. The molecule has 150 valence electrons. The fourth-order valence-corrected chi connectivity index (χ4v) is 4.27. The van der Waals surface area contributed by atoms with Gasteiger partial charge in [0.25, 0.3) is 0 Å². The molecule has 0 radical (unpaired) electrons.